The fourth-order valence-corrected chi connectivity index (χ4v) is 2.54. The molecule has 0 radical (unpaired) electrons. The van der Waals surface area contributed by atoms with E-state index in [-0.39, 0.29) is 5.92 Å². The molecule has 0 aromatic heterocycles. The Bertz CT molecular complexity index is 201. The van der Waals surface area contributed by atoms with E-state index in [0.717, 1.165) is 13.1 Å². The molecule has 1 aliphatic heterocycles. The summed E-state index contributed by atoms with van der Waals surface area (Å²) in [7, 11) is 0. The van der Waals surface area contributed by atoms with Crippen LogP contribution in [0.2, 0.25) is 0 Å². The molecule has 100 valence electrons. The summed E-state index contributed by atoms with van der Waals surface area (Å²) in [4.78, 5) is 14.1. The van der Waals surface area contributed by atoms with E-state index < -0.39 is 0 Å². The van der Waals surface area contributed by atoms with Crippen LogP contribution in [-0.2, 0) is 4.79 Å². The Hall–Kier alpha value is -0.530. The highest BCUT2D eigenvalue weighted by Crippen LogP contribution is 2.13. The Balaban J connectivity index is 2.39. The first-order valence-electron chi connectivity index (χ1n) is 7.50. The van der Waals surface area contributed by atoms with Gasteiger partial charge in [0, 0.05) is 19.0 Å². The lowest BCUT2D eigenvalue weighted by molar-refractivity contribution is -0.134. The maximum absolute atomic E-state index is 12.0. The van der Waals surface area contributed by atoms with Gasteiger partial charge in [0.15, 0.2) is 0 Å². The first-order chi connectivity index (χ1) is 8.22. The van der Waals surface area contributed by atoms with Crippen molar-refractivity contribution in [3.8, 4) is 0 Å². The standard InChI is InChI=1S/C15H29NO/c1-14(2)15(17)16-12-10-8-6-4-3-5-7-9-11-13-16/h14H,3-13H2,1-2H3. The number of carbonyl (C=O) groups is 1. The maximum atomic E-state index is 12.0. The Morgan fingerprint density at radius 2 is 1.12 bits per heavy atom. The minimum atomic E-state index is 0.155. The third kappa shape index (κ3) is 6.09. The van der Waals surface area contributed by atoms with E-state index in [1.54, 1.807) is 0 Å². The highest BCUT2D eigenvalue weighted by Gasteiger charge is 2.16. The molecule has 1 aliphatic rings. The Labute approximate surface area is 107 Å². The summed E-state index contributed by atoms with van der Waals surface area (Å²) < 4.78 is 0. The molecule has 0 spiro atoms. The molecular weight excluding hydrogens is 210 g/mol. The van der Waals surface area contributed by atoms with Gasteiger partial charge in [-0.3, -0.25) is 4.79 Å². The molecule has 0 bridgehead atoms. The first-order valence-corrected chi connectivity index (χ1v) is 7.50. The van der Waals surface area contributed by atoms with E-state index in [2.05, 4.69) is 4.90 Å². The van der Waals surface area contributed by atoms with Crippen LogP contribution in [-0.4, -0.2) is 23.9 Å². The van der Waals surface area contributed by atoms with Gasteiger partial charge in [0.1, 0.15) is 0 Å². The van der Waals surface area contributed by atoms with E-state index in [1.165, 1.54) is 57.8 Å². The summed E-state index contributed by atoms with van der Waals surface area (Å²) in [5.41, 5.74) is 0. The van der Waals surface area contributed by atoms with Gasteiger partial charge in [-0.05, 0) is 12.8 Å². The van der Waals surface area contributed by atoms with Crippen LogP contribution in [0.5, 0.6) is 0 Å². The van der Waals surface area contributed by atoms with Gasteiger partial charge in [0.05, 0.1) is 0 Å². The summed E-state index contributed by atoms with van der Waals surface area (Å²) in [5.74, 6) is 0.505. The average Bonchev–Trinajstić information content (AvgIpc) is 2.29. The molecule has 1 amide bonds. The van der Waals surface area contributed by atoms with E-state index in [4.69, 9.17) is 0 Å². The van der Waals surface area contributed by atoms with Crippen LogP contribution in [0.15, 0.2) is 0 Å². The second-order valence-electron chi connectivity index (χ2n) is 5.66. The monoisotopic (exact) mass is 239 g/mol. The fourth-order valence-electron chi connectivity index (χ4n) is 2.54. The quantitative estimate of drug-likeness (QED) is 0.677. The van der Waals surface area contributed by atoms with E-state index in [1.807, 2.05) is 13.8 Å². The van der Waals surface area contributed by atoms with E-state index in [9.17, 15) is 4.79 Å². The maximum Gasteiger partial charge on any atom is 0.225 e. The lowest BCUT2D eigenvalue weighted by atomic mass is 10.0. The molecule has 0 aromatic carbocycles. The van der Waals surface area contributed by atoms with Crippen molar-refractivity contribution in [2.45, 2.75) is 71.6 Å². The molecule has 1 heterocycles. The molecule has 0 aliphatic carbocycles. The van der Waals surface area contributed by atoms with Crippen molar-refractivity contribution in [3.05, 3.63) is 0 Å². The molecule has 17 heavy (non-hydrogen) atoms. The third-order valence-corrected chi connectivity index (χ3v) is 3.66. The zero-order valence-corrected chi connectivity index (χ0v) is 11.7. The van der Waals surface area contributed by atoms with Crippen LogP contribution in [0.3, 0.4) is 0 Å². The summed E-state index contributed by atoms with van der Waals surface area (Å²) in [6, 6.07) is 0. The average molecular weight is 239 g/mol. The minimum Gasteiger partial charge on any atom is -0.342 e. The van der Waals surface area contributed by atoms with Gasteiger partial charge in [-0.25, -0.2) is 0 Å². The van der Waals surface area contributed by atoms with Gasteiger partial charge in [-0.1, -0.05) is 58.8 Å². The van der Waals surface area contributed by atoms with Crippen molar-refractivity contribution in [2.75, 3.05) is 13.1 Å². The van der Waals surface area contributed by atoms with Crippen molar-refractivity contribution >= 4 is 5.91 Å². The SMILES string of the molecule is CC(C)C(=O)N1CCCCCCCCCCC1. The van der Waals surface area contributed by atoms with Crippen LogP contribution in [0.4, 0.5) is 0 Å². The number of rotatable bonds is 1. The third-order valence-electron chi connectivity index (χ3n) is 3.66. The Kier molecular flexibility index (Phi) is 7.30. The Morgan fingerprint density at radius 3 is 1.47 bits per heavy atom. The summed E-state index contributed by atoms with van der Waals surface area (Å²) in [6.07, 6.45) is 11.9. The summed E-state index contributed by atoms with van der Waals surface area (Å²) in [6.45, 7) is 5.99. The lowest BCUT2D eigenvalue weighted by Crippen LogP contribution is -2.36. The number of nitrogens with zero attached hydrogens (tertiary/aromatic N) is 1. The number of hydrogen-bond acceptors (Lipinski definition) is 1. The van der Waals surface area contributed by atoms with Crippen LogP contribution >= 0.6 is 0 Å². The zero-order valence-electron chi connectivity index (χ0n) is 11.7. The number of carbonyl (C=O) groups excluding carboxylic acids is 1. The molecule has 2 heteroatoms. The molecule has 1 saturated heterocycles. The van der Waals surface area contributed by atoms with Crippen LogP contribution in [0.25, 0.3) is 0 Å². The zero-order chi connectivity index (χ0) is 12.5. The highest BCUT2D eigenvalue weighted by molar-refractivity contribution is 5.78. The van der Waals surface area contributed by atoms with Crippen molar-refractivity contribution in [1.82, 2.24) is 4.90 Å². The van der Waals surface area contributed by atoms with Gasteiger partial charge >= 0.3 is 0 Å². The minimum absolute atomic E-state index is 0.155. The molecule has 1 rings (SSSR count). The predicted octanol–water partition coefficient (Wildman–Crippen LogP) is 4.00. The molecule has 0 atom stereocenters. The number of hydrogen-bond donors (Lipinski definition) is 0. The molecule has 0 saturated carbocycles. The molecule has 2 nitrogen and oxygen atoms in total. The smallest absolute Gasteiger partial charge is 0.225 e. The Morgan fingerprint density at radius 1 is 0.765 bits per heavy atom. The van der Waals surface area contributed by atoms with Crippen molar-refractivity contribution < 1.29 is 4.79 Å². The first kappa shape index (κ1) is 14.5. The van der Waals surface area contributed by atoms with Gasteiger partial charge < -0.3 is 4.90 Å². The van der Waals surface area contributed by atoms with Crippen molar-refractivity contribution in [3.63, 3.8) is 0 Å². The van der Waals surface area contributed by atoms with E-state index in [0.29, 0.717) is 5.91 Å². The normalized spacial score (nSPS) is 20.8. The predicted molar refractivity (Wildman–Crippen MR) is 73.0 cm³/mol. The summed E-state index contributed by atoms with van der Waals surface area (Å²) >= 11 is 0. The second kappa shape index (κ2) is 8.54. The molecule has 0 N–H and O–H groups in total. The van der Waals surface area contributed by atoms with Crippen molar-refractivity contribution in [2.24, 2.45) is 5.92 Å². The number of amides is 1. The highest BCUT2D eigenvalue weighted by atomic mass is 16.2. The molecule has 1 fully saturated rings. The molecule has 0 aromatic rings. The molecular formula is C15H29NO. The second-order valence-corrected chi connectivity index (χ2v) is 5.66. The van der Waals surface area contributed by atoms with Crippen LogP contribution < -0.4 is 0 Å². The summed E-state index contributed by atoms with van der Waals surface area (Å²) in [5, 5.41) is 0. The van der Waals surface area contributed by atoms with Gasteiger partial charge in [-0.2, -0.15) is 0 Å². The topological polar surface area (TPSA) is 20.3 Å². The van der Waals surface area contributed by atoms with Crippen LogP contribution in [0.1, 0.15) is 71.6 Å². The van der Waals surface area contributed by atoms with Gasteiger partial charge in [-0.15, -0.1) is 0 Å². The van der Waals surface area contributed by atoms with Crippen molar-refractivity contribution in [1.29, 1.82) is 0 Å². The fraction of sp³-hybridized carbons (Fsp3) is 0.933. The van der Waals surface area contributed by atoms with Crippen LogP contribution in [0, 0.1) is 5.92 Å². The lowest BCUT2D eigenvalue weighted by Gasteiger charge is -2.25. The van der Waals surface area contributed by atoms with Gasteiger partial charge in [0.25, 0.3) is 0 Å². The largest absolute Gasteiger partial charge is 0.342 e. The van der Waals surface area contributed by atoms with E-state index >= 15 is 0 Å². The molecule has 0 unspecified atom stereocenters. The van der Waals surface area contributed by atoms with Gasteiger partial charge in [0.2, 0.25) is 5.91 Å².